The first-order valence-corrected chi connectivity index (χ1v) is 8.21. The molecule has 3 rings (SSSR count). The highest BCUT2D eigenvalue weighted by molar-refractivity contribution is 6.06. The molecule has 0 aromatic heterocycles. The summed E-state index contributed by atoms with van der Waals surface area (Å²) in [5.74, 6) is -0.180. The van der Waals surface area contributed by atoms with Gasteiger partial charge in [0, 0.05) is 33.3 Å². The molecule has 3 aliphatic rings. The van der Waals surface area contributed by atoms with E-state index >= 15 is 0 Å². The molecule has 0 aromatic rings. The number of piperidine rings is 1. The summed E-state index contributed by atoms with van der Waals surface area (Å²) < 4.78 is 5.48. The average Bonchev–Trinajstić information content (AvgIpc) is 3.12. The highest BCUT2D eigenvalue weighted by atomic mass is 16.5. The first-order chi connectivity index (χ1) is 11.0. The molecule has 1 spiro atoms. The van der Waals surface area contributed by atoms with E-state index in [9.17, 15) is 14.4 Å². The number of carbonyl (C=O) groups excluding carboxylic acids is 3. The maximum atomic E-state index is 12.2. The van der Waals surface area contributed by atoms with Gasteiger partial charge in [0.05, 0.1) is 12.6 Å². The Labute approximate surface area is 135 Å². The summed E-state index contributed by atoms with van der Waals surface area (Å²) in [6, 6.07) is -0.335. The lowest BCUT2D eigenvalue weighted by Crippen LogP contribution is -2.56. The Morgan fingerprint density at radius 3 is 2.70 bits per heavy atom. The Hall–Kier alpha value is -1.67. The molecule has 8 nitrogen and oxygen atoms in total. The minimum absolute atomic E-state index is 0.0182. The Morgan fingerprint density at radius 1 is 1.39 bits per heavy atom. The Balaban J connectivity index is 1.43. The lowest BCUT2D eigenvalue weighted by molar-refractivity contribution is -0.132. The van der Waals surface area contributed by atoms with E-state index in [4.69, 9.17) is 4.74 Å². The molecule has 0 aliphatic carbocycles. The van der Waals surface area contributed by atoms with E-state index in [0.29, 0.717) is 39.0 Å². The van der Waals surface area contributed by atoms with Crippen molar-refractivity contribution in [3.63, 3.8) is 0 Å². The molecule has 0 bridgehead atoms. The topological polar surface area (TPSA) is 91.0 Å². The fraction of sp³-hybridized carbons (Fsp3) is 0.800. The van der Waals surface area contributed by atoms with Crippen molar-refractivity contribution in [3.05, 3.63) is 0 Å². The van der Waals surface area contributed by atoms with Crippen LogP contribution in [0.5, 0.6) is 0 Å². The highest BCUT2D eigenvalue weighted by Gasteiger charge is 2.50. The van der Waals surface area contributed by atoms with E-state index in [2.05, 4.69) is 10.6 Å². The molecule has 0 radical (unpaired) electrons. The number of ether oxygens (including phenoxy) is 1. The van der Waals surface area contributed by atoms with E-state index in [1.165, 1.54) is 7.05 Å². The van der Waals surface area contributed by atoms with E-state index in [0.717, 1.165) is 24.3 Å². The third kappa shape index (κ3) is 3.32. The van der Waals surface area contributed by atoms with Gasteiger partial charge in [-0.2, -0.15) is 0 Å². The lowest BCUT2D eigenvalue weighted by Gasteiger charge is -2.36. The summed E-state index contributed by atoms with van der Waals surface area (Å²) in [5.41, 5.74) is -0.767. The molecule has 1 atom stereocenters. The molecule has 0 unspecified atom stereocenters. The third-order valence-corrected chi connectivity index (χ3v) is 4.99. The third-order valence-electron chi connectivity index (χ3n) is 4.99. The van der Waals surface area contributed by atoms with Crippen LogP contribution in [0.3, 0.4) is 0 Å². The van der Waals surface area contributed by atoms with Gasteiger partial charge >= 0.3 is 6.03 Å². The minimum atomic E-state index is -0.767. The lowest BCUT2D eigenvalue weighted by atomic mass is 9.87. The fourth-order valence-electron chi connectivity index (χ4n) is 3.48. The quantitative estimate of drug-likeness (QED) is 0.667. The highest BCUT2D eigenvalue weighted by Crippen LogP contribution is 2.28. The van der Waals surface area contributed by atoms with Gasteiger partial charge in [0.25, 0.3) is 5.91 Å². The van der Waals surface area contributed by atoms with Crippen LogP contribution in [0.15, 0.2) is 0 Å². The SMILES string of the molecule is CN1C(=O)NC2(CCN(CC(=O)NC[C@@H]3CCCO3)CC2)C1=O. The van der Waals surface area contributed by atoms with Gasteiger partial charge in [-0.3, -0.25) is 19.4 Å². The summed E-state index contributed by atoms with van der Waals surface area (Å²) >= 11 is 0. The zero-order valence-corrected chi connectivity index (χ0v) is 13.5. The van der Waals surface area contributed by atoms with E-state index in [1.807, 2.05) is 4.90 Å². The number of likely N-dealkylation sites (N-methyl/N-ethyl adjacent to an activating group) is 1. The van der Waals surface area contributed by atoms with Gasteiger partial charge < -0.3 is 15.4 Å². The van der Waals surface area contributed by atoms with Gasteiger partial charge in [-0.1, -0.05) is 0 Å². The Bertz CT molecular complexity index is 496. The molecule has 3 aliphatic heterocycles. The second kappa shape index (κ2) is 6.45. The van der Waals surface area contributed by atoms with Crippen molar-refractivity contribution in [1.29, 1.82) is 0 Å². The van der Waals surface area contributed by atoms with Crippen LogP contribution >= 0.6 is 0 Å². The van der Waals surface area contributed by atoms with Gasteiger partial charge in [0.2, 0.25) is 5.91 Å². The molecule has 128 valence electrons. The van der Waals surface area contributed by atoms with E-state index in [-0.39, 0.29) is 23.9 Å². The Morgan fingerprint density at radius 2 is 2.13 bits per heavy atom. The van der Waals surface area contributed by atoms with Crippen molar-refractivity contribution >= 4 is 17.8 Å². The number of urea groups is 1. The first kappa shape index (κ1) is 16.2. The number of hydrogen-bond acceptors (Lipinski definition) is 5. The molecule has 4 amide bonds. The fourth-order valence-corrected chi connectivity index (χ4v) is 3.48. The number of carbonyl (C=O) groups is 3. The van der Waals surface area contributed by atoms with E-state index < -0.39 is 5.54 Å². The zero-order chi connectivity index (χ0) is 16.4. The molecule has 0 aromatic carbocycles. The van der Waals surface area contributed by atoms with Crippen LogP contribution in [0, 0.1) is 0 Å². The van der Waals surface area contributed by atoms with Gasteiger partial charge in [-0.25, -0.2) is 4.79 Å². The van der Waals surface area contributed by atoms with Crippen LogP contribution < -0.4 is 10.6 Å². The van der Waals surface area contributed by atoms with Crippen molar-refractivity contribution in [2.45, 2.75) is 37.3 Å². The molecule has 3 heterocycles. The number of amides is 4. The second-order valence-corrected chi connectivity index (χ2v) is 6.59. The second-order valence-electron chi connectivity index (χ2n) is 6.59. The molecule has 23 heavy (non-hydrogen) atoms. The standard InChI is InChI=1S/C15H24N4O4/c1-18-13(21)15(17-14(18)22)4-6-19(7-5-15)10-12(20)16-9-11-3-2-8-23-11/h11H,2-10H2,1H3,(H,16,20)(H,17,22)/t11-/m0/s1. The molecule has 0 saturated carbocycles. The predicted molar refractivity (Wildman–Crippen MR) is 81.7 cm³/mol. The van der Waals surface area contributed by atoms with E-state index in [1.54, 1.807) is 0 Å². The number of rotatable bonds is 4. The largest absolute Gasteiger partial charge is 0.376 e. The maximum Gasteiger partial charge on any atom is 0.324 e. The van der Waals surface area contributed by atoms with Crippen LogP contribution in [0.25, 0.3) is 0 Å². The van der Waals surface area contributed by atoms with Crippen molar-refractivity contribution in [3.8, 4) is 0 Å². The smallest absolute Gasteiger partial charge is 0.324 e. The number of nitrogens with one attached hydrogen (secondary N) is 2. The van der Waals surface area contributed by atoms with Crippen molar-refractivity contribution < 1.29 is 19.1 Å². The van der Waals surface area contributed by atoms with Crippen LogP contribution in [-0.4, -0.2) is 79.1 Å². The number of nitrogens with zero attached hydrogens (tertiary/aromatic N) is 2. The van der Waals surface area contributed by atoms with Crippen LogP contribution in [0.2, 0.25) is 0 Å². The molecule has 3 saturated heterocycles. The van der Waals surface area contributed by atoms with Crippen LogP contribution in [-0.2, 0) is 14.3 Å². The van der Waals surface area contributed by atoms with Crippen molar-refractivity contribution in [1.82, 2.24) is 20.4 Å². The van der Waals surface area contributed by atoms with Crippen LogP contribution in [0.4, 0.5) is 4.79 Å². The van der Waals surface area contributed by atoms with Crippen LogP contribution in [0.1, 0.15) is 25.7 Å². The summed E-state index contributed by atoms with van der Waals surface area (Å²) in [5, 5.41) is 5.70. The summed E-state index contributed by atoms with van der Waals surface area (Å²) in [7, 11) is 1.50. The van der Waals surface area contributed by atoms with Gasteiger partial charge in [0.15, 0.2) is 0 Å². The summed E-state index contributed by atoms with van der Waals surface area (Å²) in [4.78, 5) is 39.0. The van der Waals surface area contributed by atoms with Gasteiger partial charge in [0.1, 0.15) is 5.54 Å². The Kier molecular flexibility index (Phi) is 4.54. The minimum Gasteiger partial charge on any atom is -0.376 e. The normalized spacial score (nSPS) is 27.5. The van der Waals surface area contributed by atoms with Gasteiger partial charge in [-0.15, -0.1) is 0 Å². The number of hydrogen-bond donors (Lipinski definition) is 2. The van der Waals surface area contributed by atoms with Crippen molar-refractivity contribution in [2.24, 2.45) is 0 Å². The first-order valence-electron chi connectivity index (χ1n) is 8.21. The summed E-state index contributed by atoms with van der Waals surface area (Å²) in [6.07, 6.45) is 3.29. The average molecular weight is 324 g/mol. The molecular formula is C15H24N4O4. The number of likely N-dealkylation sites (tertiary alicyclic amines) is 1. The molecular weight excluding hydrogens is 300 g/mol. The zero-order valence-electron chi connectivity index (χ0n) is 13.5. The molecule has 3 fully saturated rings. The summed E-state index contributed by atoms with van der Waals surface area (Å²) in [6.45, 7) is 2.90. The molecule has 2 N–H and O–H groups in total. The predicted octanol–water partition coefficient (Wildman–Crippen LogP) is -0.702. The molecule has 8 heteroatoms. The van der Waals surface area contributed by atoms with Crippen molar-refractivity contribution in [2.75, 3.05) is 39.8 Å². The monoisotopic (exact) mass is 324 g/mol. The number of imide groups is 1. The maximum absolute atomic E-state index is 12.2. The van der Waals surface area contributed by atoms with Gasteiger partial charge in [-0.05, 0) is 25.7 Å².